The van der Waals surface area contributed by atoms with Gasteiger partial charge in [0.2, 0.25) is 0 Å². The largest absolute Gasteiger partial charge is 0.330 e. The topological polar surface area (TPSA) is 38.0 Å². The van der Waals surface area contributed by atoms with Gasteiger partial charge < -0.3 is 11.1 Å². The van der Waals surface area contributed by atoms with Crippen LogP contribution >= 0.6 is 0 Å². The molecule has 1 atom stereocenters. The van der Waals surface area contributed by atoms with E-state index in [2.05, 4.69) is 44.3 Å². The minimum atomic E-state index is 0.428. The molecule has 1 unspecified atom stereocenters. The molecule has 0 saturated carbocycles. The highest BCUT2D eigenvalue weighted by molar-refractivity contribution is 5.32. The van der Waals surface area contributed by atoms with E-state index in [1.54, 1.807) is 0 Å². The standard InChI is InChI=1S/C14H24N2/c1-11-6-7-12(2)14(10-11)13(3)16-9-5-4-8-15/h6-7,10,13,16H,4-5,8-9,15H2,1-3H3. The third-order valence-electron chi connectivity index (χ3n) is 2.98. The molecule has 1 rings (SSSR count). The number of hydrogen-bond acceptors (Lipinski definition) is 2. The van der Waals surface area contributed by atoms with Gasteiger partial charge in [-0.3, -0.25) is 0 Å². The van der Waals surface area contributed by atoms with Crippen LogP contribution in [-0.4, -0.2) is 13.1 Å². The van der Waals surface area contributed by atoms with E-state index < -0.39 is 0 Å². The number of benzene rings is 1. The lowest BCUT2D eigenvalue weighted by Gasteiger charge is -2.17. The van der Waals surface area contributed by atoms with E-state index >= 15 is 0 Å². The number of nitrogens with one attached hydrogen (secondary N) is 1. The van der Waals surface area contributed by atoms with Crippen LogP contribution in [0.15, 0.2) is 18.2 Å². The van der Waals surface area contributed by atoms with Gasteiger partial charge in [-0.1, -0.05) is 23.8 Å². The van der Waals surface area contributed by atoms with Crippen LogP contribution in [0.1, 0.15) is 42.5 Å². The average molecular weight is 220 g/mol. The quantitative estimate of drug-likeness (QED) is 0.723. The Morgan fingerprint density at radius 2 is 2.00 bits per heavy atom. The van der Waals surface area contributed by atoms with E-state index in [0.717, 1.165) is 25.9 Å². The molecule has 0 radical (unpaired) electrons. The molecule has 0 spiro atoms. The Kier molecular flexibility index (Phi) is 5.50. The molecule has 1 aromatic carbocycles. The molecule has 0 saturated heterocycles. The molecule has 0 bridgehead atoms. The molecule has 0 amide bonds. The summed E-state index contributed by atoms with van der Waals surface area (Å²) < 4.78 is 0. The van der Waals surface area contributed by atoms with Gasteiger partial charge in [0.05, 0.1) is 0 Å². The summed E-state index contributed by atoms with van der Waals surface area (Å²) in [7, 11) is 0. The van der Waals surface area contributed by atoms with Crippen molar-refractivity contribution in [2.45, 2.75) is 39.7 Å². The Hall–Kier alpha value is -0.860. The van der Waals surface area contributed by atoms with Gasteiger partial charge in [-0.15, -0.1) is 0 Å². The number of aryl methyl sites for hydroxylation is 2. The first-order chi connectivity index (χ1) is 7.65. The van der Waals surface area contributed by atoms with E-state index in [1.165, 1.54) is 16.7 Å². The summed E-state index contributed by atoms with van der Waals surface area (Å²) in [6, 6.07) is 7.07. The lowest BCUT2D eigenvalue weighted by Crippen LogP contribution is -2.21. The molecule has 2 heteroatoms. The first-order valence-electron chi connectivity index (χ1n) is 6.15. The fourth-order valence-electron chi connectivity index (χ4n) is 1.92. The highest BCUT2D eigenvalue weighted by Gasteiger charge is 2.07. The number of nitrogens with two attached hydrogens (primary N) is 1. The first-order valence-corrected chi connectivity index (χ1v) is 6.15. The zero-order valence-corrected chi connectivity index (χ0v) is 10.7. The number of unbranched alkanes of at least 4 members (excludes halogenated alkanes) is 1. The minimum absolute atomic E-state index is 0.428. The van der Waals surface area contributed by atoms with E-state index in [-0.39, 0.29) is 0 Å². The maximum Gasteiger partial charge on any atom is 0.0294 e. The predicted molar refractivity (Wildman–Crippen MR) is 70.6 cm³/mol. The van der Waals surface area contributed by atoms with E-state index in [9.17, 15) is 0 Å². The van der Waals surface area contributed by atoms with Crippen LogP contribution in [0, 0.1) is 13.8 Å². The Balaban J connectivity index is 2.51. The van der Waals surface area contributed by atoms with Gasteiger partial charge in [0.15, 0.2) is 0 Å². The van der Waals surface area contributed by atoms with Crippen molar-refractivity contribution in [1.29, 1.82) is 0 Å². The normalized spacial score (nSPS) is 12.8. The van der Waals surface area contributed by atoms with Crippen molar-refractivity contribution in [3.8, 4) is 0 Å². The molecule has 2 nitrogen and oxygen atoms in total. The van der Waals surface area contributed by atoms with Gasteiger partial charge in [-0.25, -0.2) is 0 Å². The van der Waals surface area contributed by atoms with Crippen LogP contribution in [0.25, 0.3) is 0 Å². The molecule has 0 heterocycles. The second kappa shape index (κ2) is 6.66. The van der Waals surface area contributed by atoms with Crippen molar-refractivity contribution in [2.24, 2.45) is 5.73 Å². The molecular formula is C14H24N2. The van der Waals surface area contributed by atoms with Crippen LogP contribution in [-0.2, 0) is 0 Å². The van der Waals surface area contributed by atoms with Crippen molar-refractivity contribution in [3.05, 3.63) is 34.9 Å². The summed E-state index contributed by atoms with van der Waals surface area (Å²) in [5, 5.41) is 3.55. The Morgan fingerprint density at radius 1 is 1.25 bits per heavy atom. The highest BCUT2D eigenvalue weighted by Crippen LogP contribution is 2.18. The van der Waals surface area contributed by atoms with Gasteiger partial charge in [0, 0.05) is 6.04 Å². The van der Waals surface area contributed by atoms with Crippen molar-refractivity contribution in [1.82, 2.24) is 5.32 Å². The summed E-state index contributed by atoms with van der Waals surface area (Å²) in [6.45, 7) is 8.38. The van der Waals surface area contributed by atoms with Gasteiger partial charge >= 0.3 is 0 Å². The highest BCUT2D eigenvalue weighted by atomic mass is 14.9. The molecule has 16 heavy (non-hydrogen) atoms. The van der Waals surface area contributed by atoms with Gasteiger partial charge in [0.1, 0.15) is 0 Å². The van der Waals surface area contributed by atoms with Crippen molar-refractivity contribution in [3.63, 3.8) is 0 Å². The zero-order valence-electron chi connectivity index (χ0n) is 10.7. The minimum Gasteiger partial charge on any atom is -0.330 e. The Labute approximate surface area is 99.2 Å². The predicted octanol–water partition coefficient (Wildman–Crippen LogP) is 2.69. The smallest absolute Gasteiger partial charge is 0.0294 e. The first kappa shape index (κ1) is 13.2. The van der Waals surface area contributed by atoms with Crippen LogP contribution in [0.2, 0.25) is 0 Å². The lowest BCUT2D eigenvalue weighted by atomic mass is 10.00. The van der Waals surface area contributed by atoms with Crippen molar-refractivity contribution >= 4 is 0 Å². The average Bonchev–Trinajstić information content (AvgIpc) is 2.27. The molecule has 0 aliphatic heterocycles. The van der Waals surface area contributed by atoms with Crippen LogP contribution in [0.3, 0.4) is 0 Å². The van der Waals surface area contributed by atoms with E-state index in [1.807, 2.05) is 0 Å². The van der Waals surface area contributed by atoms with Gasteiger partial charge in [-0.2, -0.15) is 0 Å². The maximum atomic E-state index is 5.47. The van der Waals surface area contributed by atoms with Crippen molar-refractivity contribution in [2.75, 3.05) is 13.1 Å². The Bertz CT molecular complexity index is 321. The van der Waals surface area contributed by atoms with Crippen LogP contribution < -0.4 is 11.1 Å². The summed E-state index contributed by atoms with van der Waals surface area (Å²) in [5.41, 5.74) is 9.58. The second-order valence-corrected chi connectivity index (χ2v) is 4.53. The third kappa shape index (κ3) is 3.95. The number of hydrogen-bond donors (Lipinski definition) is 2. The molecule has 0 fully saturated rings. The molecular weight excluding hydrogens is 196 g/mol. The third-order valence-corrected chi connectivity index (χ3v) is 2.98. The maximum absolute atomic E-state index is 5.47. The zero-order chi connectivity index (χ0) is 12.0. The van der Waals surface area contributed by atoms with Gasteiger partial charge in [-0.05, 0) is 57.8 Å². The monoisotopic (exact) mass is 220 g/mol. The fraction of sp³-hybridized carbons (Fsp3) is 0.571. The van der Waals surface area contributed by atoms with E-state index in [4.69, 9.17) is 5.73 Å². The molecule has 3 N–H and O–H groups in total. The van der Waals surface area contributed by atoms with E-state index in [0.29, 0.717) is 6.04 Å². The summed E-state index contributed by atoms with van der Waals surface area (Å²) in [6.07, 6.45) is 2.26. The molecule has 1 aromatic rings. The lowest BCUT2D eigenvalue weighted by molar-refractivity contribution is 0.547. The molecule has 0 aromatic heterocycles. The summed E-state index contributed by atoms with van der Waals surface area (Å²) in [4.78, 5) is 0. The summed E-state index contributed by atoms with van der Waals surface area (Å²) >= 11 is 0. The van der Waals surface area contributed by atoms with Crippen LogP contribution in [0.5, 0.6) is 0 Å². The molecule has 0 aliphatic carbocycles. The van der Waals surface area contributed by atoms with Crippen LogP contribution in [0.4, 0.5) is 0 Å². The van der Waals surface area contributed by atoms with Crippen molar-refractivity contribution < 1.29 is 0 Å². The Morgan fingerprint density at radius 3 is 2.69 bits per heavy atom. The second-order valence-electron chi connectivity index (χ2n) is 4.53. The molecule has 90 valence electrons. The van der Waals surface area contributed by atoms with Gasteiger partial charge in [0.25, 0.3) is 0 Å². The number of rotatable bonds is 6. The fourth-order valence-corrected chi connectivity index (χ4v) is 1.92. The SMILES string of the molecule is Cc1ccc(C)c(C(C)NCCCCN)c1. The molecule has 0 aliphatic rings. The summed E-state index contributed by atoms with van der Waals surface area (Å²) in [5.74, 6) is 0.